The van der Waals surface area contributed by atoms with Gasteiger partial charge in [-0.15, -0.1) is 11.3 Å². The van der Waals surface area contributed by atoms with Crippen LogP contribution >= 0.6 is 27.3 Å². The molecule has 0 radical (unpaired) electrons. The molecule has 0 saturated heterocycles. The van der Waals surface area contributed by atoms with E-state index in [4.69, 9.17) is 0 Å². The van der Waals surface area contributed by atoms with E-state index in [0.717, 1.165) is 31.0 Å². The highest BCUT2D eigenvalue weighted by Gasteiger charge is 2.13. The summed E-state index contributed by atoms with van der Waals surface area (Å²) in [5, 5.41) is 0.704. The number of benzene rings is 1. The van der Waals surface area contributed by atoms with Gasteiger partial charge in [-0.25, -0.2) is 4.98 Å². The second-order valence-corrected chi connectivity index (χ2v) is 7.50. The first-order valence-corrected chi connectivity index (χ1v) is 8.46. The third kappa shape index (κ3) is 2.46. The summed E-state index contributed by atoms with van der Waals surface area (Å²) >= 11 is 5.13. The van der Waals surface area contributed by atoms with Crippen molar-refractivity contribution in [2.75, 3.05) is 19.0 Å². The summed E-state index contributed by atoms with van der Waals surface area (Å²) in [5.74, 6) is 0.602. The standard InChI is InChI=1S/C16H16BrN3OS/c1-8-9(2)22-16-13(8)15(21)18-14(19-16)10-5-6-12(20(3)4)11(17)7-10/h5-7H,1-4H3,(H,18,19,21). The maximum absolute atomic E-state index is 12.4. The smallest absolute Gasteiger partial charge is 0.260 e. The van der Waals surface area contributed by atoms with Gasteiger partial charge in [0, 0.05) is 29.0 Å². The van der Waals surface area contributed by atoms with Crippen molar-refractivity contribution in [2.24, 2.45) is 0 Å². The summed E-state index contributed by atoms with van der Waals surface area (Å²) in [6.07, 6.45) is 0. The quantitative estimate of drug-likeness (QED) is 0.731. The average Bonchev–Trinajstić information content (AvgIpc) is 2.73. The molecule has 0 aliphatic carbocycles. The number of anilines is 1. The van der Waals surface area contributed by atoms with Crippen LogP contribution in [0.4, 0.5) is 5.69 Å². The third-order valence-electron chi connectivity index (χ3n) is 3.74. The van der Waals surface area contributed by atoms with Gasteiger partial charge in [0.1, 0.15) is 10.7 Å². The van der Waals surface area contributed by atoms with E-state index in [9.17, 15) is 4.79 Å². The molecule has 22 heavy (non-hydrogen) atoms. The molecule has 2 heterocycles. The predicted octanol–water partition coefficient (Wildman–Crippen LogP) is 4.10. The Hall–Kier alpha value is -1.66. The second kappa shape index (κ2) is 5.52. The zero-order valence-electron chi connectivity index (χ0n) is 12.8. The van der Waals surface area contributed by atoms with Gasteiger partial charge in [0.05, 0.1) is 11.1 Å². The molecular weight excluding hydrogens is 362 g/mol. The van der Waals surface area contributed by atoms with Crippen LogP contribution in [0.1, 0.15) is 10.4 Å². The summed E-state index contributed by atoms with van der Waals surface area (Å²) in [7, 11) is 3.98. The Morgan fingerprint density at radius 2 is 2.00 bits per heavy atom. The van der Waals surface area contributed by atoms with Crippen molar-refractivity contribution < 1.29 is 0 Å². The van der Waals surface area contributed by atoms with Crippen molar-refractivity contribution in [1.82, 2.24) is 9.97 Å². The van der Waals surface area contributed by atoms with Crippen LogP contribution in [0.25, 0.3) is 21.6 Å². The Morgan fingerprint density at radius 1 is 1.27 bits per heavy atom. The fourth-order valence-electron chi connectivity index (χ4n) is 2.41. The van der Waals surface area contributed by atoms with Crippen molar-refractivity contribution in [2.45, 2.75) is 13.8 Å². The number of nitrogens with zero attached hydrogens (tertiary/aromatic N) is 2. The molecule has 0 bridgehead atoms. The van der Waals surface area contributed by atoms with Gasteiger partial charge in [-0.2, -0.15) is 0 Å². The van der Waals surface area contributed by atoms with Crippen LogP contribution < -0.4 is 10.5 Å². The number of nitrogens with one attached hydrogen (secondary N) is 1. The molecule has 0 spiro atoms. The Morgan fingerprint density at radius 3 is 2.64 bits per heavy atom. The number of aromatic nitrogens is 2. The van der Waals surface area contributed by atoms with Gasteiger partial charge in [-0.3, -0.25) is 4.79 Å². The number of aromatic amines is 1. The predicted molar refractivity (Wildman–Crippen MR) is 97.2 cm³/mol. The fraction of sp³-hybridized carbons (Fsp3) is 0.250. The molecular formula is C16H16BrN3OS. The van der Waals surface area contributed by atoms with Gasteiger partial charge in [0.25, 0.3) is 5.56 Å². The van der Waals surface area contributed by atoms with Crippen LogP contribution in [0, 0.1) is 13.8 Å². The number of hydrogen-bond acceptors (Lipinski definition) is 4. The molecule has 0 atom stereocenters. The summed E-state index contributed by atoms with van der Waals surface area (Å²) < 4.78 is 0.969. The molecule has 4 nitrogen and oxygen atoms in total. The Labute approximate surface area is 140 Å². The van der Waals surface area contributed by atoms with Gasteiger partial charge in [-0.05, 0) is 53.5 Å². The van der Waals surface area contributed by atoms with Gasteiger partial charge < -0.3 is 9.88 Å². The number of fused-ring (bicyclic) bond motifs is 1. The molecule has 0 aliphatic rings. The van der Waals surface area contributed by atoms with E-state index in [2.05, 4.69) is 25.9 Å². The van der Waals surface area contributed by atoms with E-state index < -0.39 is 0 Å². The minimum absolute atomic E-state index is 0.0744. The maximum Gasteiger partial charge on any atom is 0.260 e. The molecule has 0 saturated carbocycles. The average molecular weight is 378 g/mol. The summed E-state index contributed by atoms with van der Waals surface area (Å²) in [5.41, 5.74) is 2.91. The molecule has 1 aromatic carbocycles. The number of halogens is 1. The van der Waals surface area contributed by atoms with Gasteiger partial charge in [0.15, 0.2) is 0 Å². The summed E-state index contributed by atoms with van der Waals surface area (Å²) in [6.45, 7) is 3.98. The van der Waals surface area contributed by atoms with Crippen molar-refractivity contribution >= 4 is 43.2 Å². The first-order chi connectivity index (χ1) is 10.4. The monoisotopic (exact) mass is 377 g/mol. The van der Waals surface area contributed by atoms with E-state index in [1.54, 1.807) is 11.3 Å². The van der Waals surface area contributed by atoms with E-state index in [1.165, 1.54) is 0 Å². The highest BCUT2D eigenvalue weighted by atomic mass is 79.9. The van der Waals surface area contributed by atoms with Crippen LogP contribution in [0.5, 0.6) is 0 Å². The second-order valence-electron chi connectivity index (χ2n) is 5.44. The van der Waals surface area contributed by atoms with E-state index >= 15 is 0 Å². The minimum Gasteiger partial charge on any atom is -0.377 e. The fourth-order valence-corrected chi connectivity index (χ4v) is 4.17. The van der Waals surface area contributed by atoms with Crippen molar-refractivity contribution in [3.05, 3.63) is 43.5 Å². The van der Waals surface area contributed by atoms with Crippen molar-refractivity contribution in [1.29, 1.82) is 0 Å². The lowest BCUT2D eigenvalue weighted by molar-refractivity contribution is 1.12. The SMILES string of the molecule is Cc1sc2nc(-c3ccc(N(C)C)c(Br)c3)[nH]c(=O)c2c1C. The van der Waals surface area contributed by atoms with Crippen molar-refractivity contribution in [3.8, 4) is 11.4 Å². The molecule has 0 unspecified atom stereocenters. The number of rotatable bonds is 2. The van der Waals surface area contributed by atoms with Gasteiger partial charge >= 0.3 is 0 Å². The maximum atomic E-state index is 12.4. The Bertz CT molecular complexity index is 927. The first-order valence-electron chi connectivity index (χ1n) is 6.85. The topological polar surface area (TPSA) is 49.0 Å². The minimum atomic E-state index is -0.0744. The number of thiophene rings is 1. The molecule has 3 rings (SSSR count). The lowest BCUT2D eigenvalue weighted by atomic mass is 10.1. The highest BCUT2D eigenvalue weighted by Crippen LogP contribution is 2.31. The molecule has 1 N–H and O–H groups in total. The summed E-state index contributed by atoms with van der Waals surface area (Å²) in [6, 6.07) is 5.96. The lowest BCUT2D eigenvalue weighted by Gasteiger charge is -2.15. The normalized spacial score (nSPS) is 11.1. The largest absolute Gasteiger partial charge is 0.377 e. The van der Waals surface area contributed by atoms with Crippen LogP contribution in [-0.2, 0) is 0 Å². The molecule has 114 valence electrons. The van der Waals surface area contributed by atoms with Gasteiger partial charge in [-0.1, -0.05) is 0 Å². The lowest BCUT2D eigenvalue weighted by Crippen LogP contribution is -2.10. The molecule has 0 aliphatic heterocycles. The van der Waals surface area contributed by atoms with Crippen LogP contribution in [0.2, 0.25) is 0 Å². The van der Waals surface area contributed by atoms with E-state index in [0.29, 0.717) is 11.2 Å². The first kappa shape index (κ1) is 15.2. The third-order valence-corrected chi connectivity index (χ3v) is 5.48. The number of hydrogen-bond donors (Lipinski definition) is 1. The van der Waals surface area contributed by atoms with Crippen molar-refractivity contribution in [3.63, 3.8) is 0 Å². The van der Waals surface area contributed by atoms with Gasteiger partial charge in [0.2, 0.25) is 0 Å². The van der Waals surface area contributed by atoms with Crippen LogP contribution in [0.3, 0.4) is 0 Å². The zero-order valence-corrected chi connectivity index (χ0v) is 15.2. The molecule has 3 aromatic rings. The molecule has 0 fully saturated rings. The van der Waals surface area contributed by atoms with E-state index in [1.807, 2.05) is 51.0 Å². The van der Waals surface area contributed by atoms with Crippen LogP contribution in [-0.4, -0.2) is 24.1 Å². The Kier molecular flexibility index (Phi) is 3.82. The Balaban J connectivity index is 2.19. The van der Waals surface area contributed by atoms with Crippen LogP contribution in [0.15, 0.2) is 27.5 Å². The molecule has 6 heteroatoms. The molecule has 0 amide bonds. The highest BCUT2D eigenvalue weighted by molar-refractivity contribution is 9.10. The number of H-pyrrole nitrogens is 1. The molecule has 2 aromatic heterocycles. The zero-order chi connectivity index (χ0) is 16.0. The number of aryl methyl sites for hydroxylation is 2. The summed E-state index contributed by atoms with van der Waals surface area (Å²) in [4.78, 5) is 23.8. The van der Waals surface area contributed by atoms with E-state index in [-0.39, 0.29) is 5.56 Å².